The van der Waals surface area contributed by atoms with Crippen LogP contribution in [0.2, 0.25) is 0 Å². The van der Waals surface area contributed by atoms with Crippen LogP contribution in [-0.2, 0) is 14.3 Å². The van der Waals surface area contributed by atoms with Crippen molar-refractivity contribution < 1.29 is 19.4 Å². The highest BCUT2D eigenvalue weighted by Gasteiger charge is 2.16. The normalized spacial score (nSPS) is 12.6. The molecule has 0 aliphatic carbocycles. The van der Waals surface area contributed by atoms with E-state index in [0.717, 1.165) is 0 Å². The van der Waals surface area contributed by atoms with Crippen LogP contribution in [0.3, 0.4) is 0 Å². The lowest BCUT2D eigenvalue weighted by Crippen LogP contribution is -2.21. The first-order valence-corrected chi connectivity index (χ1v) is 4.02. The number of esters is 1. The number of aliphatic hydroxyl groups excluding tert-OH is 1. The molecular weight excluding hydrogens is 160 g/mol. The fourth-order valence-corrected chi connectivity index (χ4v) is 0.809. The van der Waals surface area contributed by atoms with Gasteiger partial charge in [0, 0.05) is 0 Å². The number of methoxy groups -OCH3 is 1. The molecule has 0 fully saturated rings. The van der Waals surface area contributed by atoms with E-state index in [4.69, 9.17) is 9.84 Å². The van der Waals surface area contributed by atoms with E-state index in [1.807, 2.05) is 6.92 Å². The van der Waals surface area contributed by atoms with E-state index < -0.39 is 0 Å². The van der Waals surface area contributed by atoms with E-state index in [1.54, 1.807) is 0 Å². The van der Waals surface area contributed by atoms with Gasteiger partial charge in [-0.2, -0.15) is 0 Å². The second-order valence-corrected chi connectivity index (χ2v) is 2.43. The average molecular weight is 176 g/mol. The second kappa shape index (κ2) is 7.06. The average Bonchev–Trinajstić information content (AvgIpc) is 2.11. The van der Waals surface area contributed by atoms with Crippen LogP contribution in [-0.4, -0.2) is 38.0 Å². The zero-order valence-corrected chi connectivity index (χ0v) is 7.58. The Morgan fingerprint density at radius 3 is 2.67 bits per heavy atom. The summed E-state index contributed by atoms with van der Waals surface area (Å²) in [5.74, 6) is -0.461. The summed E-state index contributed by atoms with van der Waals surface area (Å²) in [5, 5.41) is 8.41. The van der Waals surface area contributed by atoms with Gasteiger partial charge in [-0.15, -0.1) is 0 Å². The third-order valence-corrected chi connectivity index (χ3v) is 1.58. The molecule has 0 saturated carbocycles. The highest BCUT2D eigenvalue weighted by atomic mass is 16.5. The van der Waals surface area contributed by atoms with Crippen LogP contribution in [0.1, 0.15) is 13.3 Å². The van der Waals surface area contributed by atoms with Crippen LogP contribution in [0.25, 0.3) is 0 Å². The van der Waals surface area contributed by atoms with Crippen molar-refractivity contribution in [1.29, 1.82) is 0 Å². The molecule has 0 radical (unpaired) electrons. The maximum absolute atomic E-state index is 11.0. The smallest absolute Gasteiger partial charge is 0.310 e. The Kier molecular flexibility index (Phi) is 6.70. The molecular formula is C8H16O4. The van der Waals surface area contributed by atoms with E-state index in [1.165, 1.54) is 7.11 Å². The quantitative estimate of drug-likeness (QED) is 0.464. The van der Waals surface area contributed by atoms with Crippen LogP contribution in [0.4, 0.5) is 0 Å². The molecule has 4 nitrogen and oxygen atoms in total. The SMILES string of the molecule is CCC(COCCO)C(=O)OC. The van der Waals surface area contributed by atoms with E-state index >= 15 is 0 Å². The molecule has 0 saturated heterocycles. The van der Waals surface area contributed by atoms with Crippen molar-refractivity contribution in [2.75, 3.05) is 26.9 Å². The van der Waals surface area contributed by atoms with E-state index in [2.05, 4.69) is 4.74 Å². The Balaban J connectivity index is 3.60. The lowest BCUT2D eigenvalue weighted by atomic mass is 10.1. The summed E-state index contributed by atoms with van der Waals surface area (Å²) in [4.78, 5) is 11.0. The van der Waals surface area contributed by atoms with Gasteiger partial charge in [0.15, 0.2) is 0 Å². The van der Waals surface area contributed by atoms with Gasteiger partial charge in [0.2, 0.25) is 0 Å². The Morgan fingerprint density at radius 1 is 1.58 bits per heavy atom. The molecule has 72 valence electrons. The van der Waals surface area contributed by atoms with Gasteiger partial charge in [-0.3, -0.25) is 4.79 Å². The number of hydrogen-bond acceptors (Lipinski definition) is 4. The van der Waals surface area contributed by atoms with Gasteiger partial charge in [-0.1, -0.05) is 6.92 Å². The van der Waals surface area contributed by atoms with Crippen LogP contribution in [0.15, 0.2) is 0 Å². The standard InChI is InChI=1S/C8H16O4/c1-3-7(8(10)11-2)6-12-5-4-9/h7,9H,3-6H2,1-2H3. The molecule has 4 heteroatoms. The lowest BCUT2D eigenvalue weighted by molar-refractivity contribution is -0.147. The highest BCUT2D eigenvalue weighted by molar-refractivity contribution is 5.72. The van der Waals surface area contributed by atoms with Gasteiger partial charge in [0.05, 0.1) is 32.8 Å². The number of aliphatic hydroxyl groups is 1. The molecule has 0 amide bonds. The van der Waals surface area contributed by atoms with Crippen molar-refractivity contribution in [3.63, 3.8) is 0 Å². The van der Waals surface area contributed by atoms with Gasteiger partial charge in [-0.25, -0.2) is 0 Å². The zero-order valence-electron chi connectivity index (χ0n) is 7.58. The molecule has 0 heterocycles. The fourth-order valence-electron chi connectivity index (χ4n) is 0.809. The molecule has 1 atom stereocenters. The molecule has 0 bridgehead atoms. The van der Waals surface area contributed by atoms with Gasteiger partial charge >= 0.3 is 5.97 Å². The summed E-state index contributed by atoms with van der Waals surface area (Å²) in [7, 11) is 1.36. The summed E-state index contributed by atoms with van der Waals surface area (Å²) in [6.45, 7) is 2.47. The first-order valence-electron chi connectivity index (χ1n) is 4.02. The number of ether oxygens (including phenoxy) is 2. The predicted molar refractivity (Wildman–Crippen MR) is 43.7 cm³/mol. The van der Waals surface area contributed by atoms with Crippen molar-refractivity contribution in [2.24, 2.45) is 5.92 Å². The molecule has 1 unspecified atom stereocenters. The summed E-state index contributed by atoms with van der Waals surface area (Å²) >= 11 is 0. The monoisotopic (exact) mass is 176 g/mol. The van der Waals surface area contributed by atoms with Crippen molar-refractivity contribution in [2.45, 2.75) is 13.3 Å². The molecule has 1 N–H and O–H groups in total. The Morgan fingerprint density at radius 2 is 2.25 bits per heavy atom. The lowest BCUT2D eigenvalue weighted by Gasteiger charge is -2.11. The topological polar surface area (TPSA) is 55.8 Å². The summed E-state index contributed by atoms with van der Waals surface area (Å²) < 4.78 is 9.56. The summed E-state index contributed by atoms with van der Waals surface area (Å²) in [5.41, 5.74) is 0. The highest BCUT2D eigenvalue weighted by Crippen LogP contribution is 2.04. The minimum atomic E-state index is -0.254. The number of carbonyl (C=O) groups is 1. The second-order valence-electron chi connectivity index (χ2n) is 2.43. The Labute approximate surface area is 72.5 Å². The molecule has 0 aromatic heterocycles. The largest absolute Gasteiger partial charge is 0.469 e. The minimum Gasteiger partial charge on any atom is -0.469 e. The first-order chi connectivity index (χ1) is 5.76. The zero-order chi connectivity index (χ0) is 9.40. The van der Waals surface area contributed by atoms with E-state index in [0.29, 0.717) is 13.0 Å². The third-order valence-electron chi connectivity index (χ3n) is 1.58. The fraction of sp³-hybridized carbons (Fsp3) is 0.875. The molecule has 12 heavy (non-hydrogen) atoms. The van der Waals surface area contributed by atoms with Gasteiger partial charge in [0.25, 0.3) is 0 Å². The van der Waals surface area contributed by atoms with E-state index in [9.17, 15) is 4.79 Å². The van der Waals surface area contributed by atoms with Crippen LogP contribution in [0.5, 0.6) is 0 Å². The van der Waals surface area contributed by atoms with Crippen molar-refractivity contribution in [3.05, 3.63) is 0 Å². The molecule has 0 rings (SSSR count). The van der Waals surface area contributed by atoms with Crippen LogP contribution < -0.4 is 0 Å². The third kappa shape index (κ3) is 4.31. The molecule has 0 spiro atoms. The van der Waals surface area contributed by atoms with Crippen LogP contribution in [0, 0.1) is 5.92 Å². The van der Waals surface area contributed by atoms with Gasteiger partial charge < -0.3 is 14.6 Å². The maximum Gasteiger partial charge on any atom is 0.310 e. The van der Waals surface area contributed by atoms with Crippen molar-refractivity contribution >= 4 is 5.97 Å². The molecule has 0 aromatic rings. The van der Waals surface area contributed by atoms with Crippen molar-refractivity contribution in [1.82, 2.24) is 0 Å². The number of rotatable bonds is 6. The molecule has 0 aliphatic heterocycles. The first kappa shape index (κ1) is 11.4. The van der Waals surface area contributed by atoms with Crippen molar-refractivity contribution in [3.8, 4) is 0 Å². The summed E-state index contributed by atoms with van der Waals surface area (Å²) in [6, 6.07) is 0. The van der Waals surface area contributed by atoms with Gasteiger partial charge in [-0.05, 0) is 6.42 Å². The maximum atomic E-state index is 11.0. The minimum absolute atomic E-state index is 0.0163. The number of hydrogen-bond donors (Lipinski definition) is 1. The predicted octanol–water partition coefficient (Wildman–Crippen LogP) is 0.194. The summed E-state index contributed by atoms with van der Waals surface area (Å²) in [6.07, 6.45) is 0.693. The van der Waals surface area contributed by atoms with E-state index in [-0.39, 0.29) is 25.1 Å². The number of carbonyl (C=O) groups excluding carboxylic acids is 1. The molecule has 0 aliphatic rings. The van der Waals surface area contributed by atoms with Gasteiger partial charge in [0.1, 0.15) is 0 Å². The Bertz CT molecular complexity index is 124. The Hall–Kier alpha value is -0.610. The van der Waals surface area contributed by atoms with Crippen LogP contribution >= 0.6 is 0 Å². The molecule has 0 aromatic carbocycles.